The Morgan fingerprint density at radius 1 is 1.12 bits per heavy atom. The zero-order chi connectivity index (χ0) is 23.0. The number of likely N-dealkylation sites (tertiary alicyclic amines) is 1. The van der Waals surface area contributed by atoms with Gasteiger partial charge in [-0.2, -0.15) is 0 Å². The van der Waals surface area contributed by atoms with Gasteiger partial charge in [0.15, 0.2) is 0 Å². The van der Waals surface area contributed by atoms with Crippen LogP contribution in [0.15, 0.2) is 60.7 Å². The predicted molar refractivity (Wildman–Crippen MR) is 131 cm³/mol. The molecule has 0 amide bonds. The van der Waals surface area contributed by atoms with Crippen molar-refractivity contribution in [1.29, 1.82) is 0 Å². The molecule has 172 valence electrons. The summed E-state index contributed by atoms with van der Waals surface area (Å²) in [5, 5.41) is 9.10. The van der Waals surface area contributed by atoms with Crippen molar-refractivity contribution in [3.63, 3.8) is 0 Å². The molecule has 0 aromatic heterocycles. The second-order valence-corrected chi connectivity index (χ2v) is 9.17. The molecule has 2 aromatic carbocycles. The van der Waals surface area contributed by atoms with Gasteiger partial charge in [-0.05, 0) is 73.4 Å². The third kappa shape index (κ3) is 6.49. The number of hydrogen-bond donors (Lipinski definition) is 1. The molecule has 2 unspecified atom stereocenters. The minimum atomic E-state index is -0.846. The summed E-state index contributed by atoms with van der Waals surface area (Å²) >= 11 is 0. The Kier molecular flexibility index (Phi) is 7.86. The summed E-state index contributed by atoms with van der Waals surface area (Å²) in [6.07, 6.45) is 8.75. The first-order valence-electron chi connectivity index (χ1n) is 11.9. The number of ether oxygens (including phenoxy) is 1. The first-order chi connectivity index (χ1) is 16.1. The Balaban J connectivity index is 1.28. The van der Waals surface area contributed by atoms with E-state index in [0.717, 1.165) is 35.3 Å². The number of carboxylic acids is 1. The Labute approximate surface area is 197 Å². The number of hydrogen-bond acceptors (Lipinski definition) is 3. The van der Waals surface area contributed by atoms with Crippen molar-refractivity contribution in [3.05, 3.63) is 77.4 Å². The van der Waals surface area contributed by atoms with Crippen molar-refractivity contribution in [1.82, 2.24) is 4.90 Å². The fourth-order valence-corrected chi connectivity index (χ4v) is 4.97. The lowest BCUT2D eigenvalue weighted by atomic mass is 9.79. The molecule has 1 fully saturated rings. The molecule has 33 heavy (non-hydrogen) atoms. The van der Waals surface area contributed by atoms with Gasteiger partial charge in [-0.1, -0.05) is 54.5 Å². The second kappa shape index (κ2) is 11.2. The molecule has 1 aliphatic heterocycles. The summed E-state index contributed by atoms with van der Waals surface area (Å²) in [5.41, 5.74) is 3.39. The number of nitrogens with zero attached hydrogens (tertiary/aromatic N) is 1. The van der Waals surface area contributed by atoms with Crippen molar-refractivity contribution in [2.24, 2.45) is 11.8 Å². The van der Waals surface area contributed by atoms with Gasteiger partial charge in [-0.25, -0.2) is 0 Å². The van der Waals surface area contributed by atoms with Crippen LogP contribution in [0.3, 0.4) is 0 Å². The Hall–Kier alpha value is -3.03. The van der Waals surface area contributed by atoms with E-state index in [4.69, 9.17) is 9.84 Å². The number of rotatable bonds is 8. The van der Waals surface area contributed by atoms with E-state index in [1.54, 1.807) is 6.92 Å². The van der Waals surface area contributed by atoms with Crippen LogP contribution in [0.5, 0.6) is 5.75 Å². The average Bonchev–Trinajstić information content (AvgIpc) is 2.83. The monoisotopic (exact) mass is 443 g/mol. The maximum absolute atomic E-state index is 11.1. The molecule has 4 nitrogen and oxygen atoms in total. The van der Waals surface area contributed by atoms with Gasteiger partial charge in [0.2, 0.25) is 0 Å². The third-order valence-corrected chi connectivity index (χ3v) is 6.79. The van der Waals surface area contributed by atoms with E-state index in [1.165, 1.54) is 37.9 Å². The highest BCUT2D eigenvalue weighted by atomic mass is 16.5. The van der Waals surface area contributed by atoms with Crippen LogP contribution in [0.4, 0.5) is 0 Å². The average molecular weight is 444 g/mol. The molecule has 0 saturated carbocycles. The molecule has 0 spiro atoms. The van der Waals surface area contributed by atoms with E-state index in [9.17, 15) is 4.79 Å². The number of benzene rings is 2. The van der Waals surface area contributed by atoms with E-state index < -0.39 is 5.97 Å². The molecule has 1 aliphatic carbocycles. The molecule has 4 rings (SSSR count). The fraction of sp³-hybridized carbons (Fsp3) is 0.414. The van der Waals surface area contributed by atoms with E-state index in [2.05, 4.69) is 53.2 Å². The standard InChI is InChI=1S/C29H33NO3/c1-2-5-26(18-29(31)32)25-12-14-28(15-13-25)33-21-23-10-8-22(9-11-23)19-30-17-16-24-6-3-4-7-27(24)20-30/h4,7-15,24,26-27H,3,6,16-21H2,1H3,(H,31,32)/t24?,26-,27?/m0/s1. The number of carboxylic acid groups (broad SMARTS) is 1. The normalized spacial score (nSPS) is 20.9. The highest BCUT2D eigenvalue weighted by Gasteiger charge is 2.28. The lowest BCUT2D eigenvalue weighted by Gasteiger charge is -2.39. The minimum Gasteiger partial charge on any atom is -0.489 e. The molecular formula is C29H33NO3. The Morgan fingerprint density at radius 3 is 2.61 bits per heavy atom. The van der Waals surface area contributed by atoms with Gasteiger partial charge in [-0.3, -0.25) is 9.69 Å². The molecule has 1 saturated heterocycles. The van der Waals surface area contributed by atoms with E-state index in [-0.39, 0.29) is 12.3 Å². The molecule has 2 aliphatic rings. The Bertz CT molecular complexity index is 1010. The van der Waals surface area contributed by atoms with Gasteiger partial charge in [0.25, 0.3) is 0 Å². The van der Waals surface area contributed by atoms with Crippen LogP contribution in [0.1, 0.15) is 55.2 Å². The Morgan fingerprint density at radius 2 is 1.88 bits per heavy atom. The SMILES string of the molecule is CC#C[C@@H](CC(=O)O)c1ccc(OCc2ccc(CN3CCC4CCC=CC4C3)cc2)cc1. The van der Waals surface area contributed by atoms with Crippen molar-refractivity contribution in [2.45, 2.75) is 51.7 Å². The van der Waals surface area contributed by atoms with Crippen LogP contribution in [-0.4, -0.2) is 29.1 Å². The molecular weight excluding hydrogens is 410 g/mol. The zero-order valence-corrected chi connectivity index (χ0v) is 19.4. The van der Waals surface area contributed by atoms with Crippen molar-refractivity contribution >= 4 is 5.97 Å². The van der Waals surface area contributed by atoms with Crippen LogP contribution in [0, 0.1) is 23.7 Å². The molecule has 0 radical (unpaired) electrons. The van der Waals surface area contributed by atoms with Crippen molar-refractivity contribution in [2.75, 3.05) is 13.1 Å². The number of fused-ring (bicyclic) bond motifs is 1. The van der Waals surface area contributed by atoms with Crippen molar-refractivity contribution in [3.8, 4) is 17.6 Å². The van der Waals surface area contributed by atoms with Gasteiger partial charge in [0, 0.05) is 13.1 Å². The summed E-state index contributed by atoms with van der Waals surface area (Å²) in [7, 11) is 0. The number of carbonyl (C=O) groups is 1. The molecule has 3 atom stereocenters. The highest BCUT2D eigenvalue weighted by molar-refractivity contribution is 5.69. The van der Waals surface area contributed by atoms with E-state index in [1.807, 2.05) is 24.3 Å². The molecule has 1 N–H and O–H groups in total. The lowest BCUT2D eigenvalue weighted by Crippen LogP contribution is -2.40. The first-order valence-corrected chi connectivity index (χ1v) is 11.9. The molecule has 1 heterocycles. The lowest BCUT2D eigenvalue weighted by molar-refractivity contribution is -0.137. The highest BCUT2D eigenvalue weighted by Crippen LogP contribution is 2.32. The summed E-state index contributed by atoms with van der Waals surface area (Å²) < 4.78 is 5.95. The molecule has 0 bridgehead atoms. The summed E-state index contributed by atoms with van der Waals surface area (Å²) in [5.74, 6) is 7.05. The number of allylic oxidation sites excluding steroid dienone is 1. The van der Waals surface area contributed by atoms with Crippen LogP contribution >= 0.6 is 0 Å². The fourth-order valence-electron chi connectivity index (χ4n) is 4.97. The smallest absolute Gasteiger partial charge is 0.304 e. The van der Waals surface area contributed by atoms with Crippen LogP contribution in [0.2, 0.25) is 0 Å². The first kappa shape index (κ1) is 23.1. The topological polar surface area (TPSA) is 49.8 Å². The second-order valence-electron chi connectivity index (χ2n) is 9.17. The molecule has 2 aromatic rings. The molecule has 4 heteroatoms. The van der Waals surface area contributed by atoms with E-state index in [0.29, 0.717) is 6.61 Å². The summed E-state index contributed by atoms with van der Waals surface area (Å²) in [6.45, 7) is 5.63. The third-order valence-electron chi connectivity index (χ3n) is 6.79. The predicted octanol–water partition coefficient (Wildman–Crippen LogP) is 5.64. The summed E-state index contributed by atoms with van der Waals surface area (Å²) in [6, 6.07) is 16.3. The number of aliphatic carboxylic acids is 1. The maximum atomic E-state index is 11.1. The van der Waals surface area contributed by atoms with Gasteiger partial charge in [0.1, 0.15) is 12.4 Å². The van der Waals surface area contributed by atoms with Gasteiger partial charge in [0.05, 0.1) is 12.3 Å². The van der Waals surface area contributed by atoms with Crippen LogP contribution in [-0.2, 0) is 17.9 Å². The maximum Gasteiger partial charge on any atom is 0.304 e. The number of piperidine rings is 1. The minimum absolute atomic E-state index is 0.00274. The zero-order valence-electron chi connectivity index (χ0n) is 19.4. The van der Waals surface area contributed by atoms with Gasteiger partial charge >= 0.3 is 5.97 Å². The van der Waals surface area contributed by atoms with Crippen LogP contribution < -0.4 is 4.74 Å². The quantitative estimate of drug-likeness (QED) is 0.424. The van der Waals surface area contributed by atoms with Crippen LogP contribution in [0.25, 0.3) is 0 Å². The summed E-state index contributed by atoms with van der Waals surface area (Å²) in [4.78, 5) is 13.7. The van der Waals surface area contributed by atoms with Gasteiger partial charge in [-0.15, -0.1) is 5.92 Å². The van der Waals surface area contributed by atoms with Gasteiger partial charge < -0.3 is 9.84 Å². The van der Waals surface area contributed by atoms with E-state index >= 15 is 0 Å². The largest absolute Gasteiger partial charge is 0.489 e. The van der Waals surface area contributed by atoms with Crippen molar-refractivity contribution < 1.29 is 14.6 Å².